The first kappa shape index (κ1) is 76.4. The monoisotopic (exact) mass is 1240 g/mol. The fourth-order valence-electron chi connectivity index (χ4n) is 7.06. The molecule has 0 fully saturated rings. The fourth-order valence-corrected chi connectivity index (χ4v) is 7.06. The molecule has 0 heterocycles. The number of hydrogen-bond acceptors (Lipinski definition) is 22. The number of anilines is 1. The van der Waals surface area contributed by atoms with Gasteiger partial charge in [-0.2, -0.15) is 0 Å². The molecule has 30 heteroatoms. The van der Waals surface area contributed by atoms with Crippen LogP contribution < -0.4 is 43.4 Å². The highest BCUT2D eigenvalue weighted by Crippen LogP contribution is 2.13. The molecule has 0 radical (unpaired) electrons. The first-order valence-electron chi connectivity index (χ1n) is 29.7. The lowest BCUT2D eigenvalue weighted by molar-refractivity contribution is -0.139. The maximum atomic E-state index is 13.5. The van der Waals surface area contributed by atoms with Crippen LogP contribution in [-0.4, -0.2) is 249 Å². The lowest BCUT2D eigenvalue weighted by atomic mass is 10.0. The number of carbonyl (C=O) groups is 8. The summed E-state index contributed by atoms with van der Waals surface area (Å²) < 4.78 is 77.2. The van der Waals surface area contributed by atoms with Crippen LogP contribution in [-0.2, 0) is 102 Å². The summed E-state index contributed by atoms with van der Waals surface area (Å²) in [6, 6.07) is 2.58. The molecule has 0 bridgehead atoms. The van der Waals surface area contributed by atoms with Crippen molar-refractivity contribution in [3.63, 3.8) is 0 Å². The number of primary amides is 1. The Morgan fingerprint density at radius 3 is 1.35 bits per heavy atom. The number of rotatable bonds is 60. The zero-order valence-electron chi connectivity index (χ0n) is 51.2. The largest absolute Gasteiger partial charge is 0.481 e. The van der Waals surface area contributed by atoms with Crippen LogP contribution in [0.5, 0.6) is 0 Å². The molecule has 0 unspecified atom stereocenters. The van der Waals surface area contributed by atoms with Gasteiger partial charge in [0.25, 0.3) is 6.45 Å². The summed E-state index contributed by atoms with van der Waals surface area (Å²) >= 11 is 0. The van der Waals surface area contributed by atoms with Gasteiger partial charge in [-0.05, 0) is 55.7 Å². The Bertz CT molecular complexity index is 1990. The predicted molar refractivity (Wildman–Crippen MR) is 311 cm³/mol. The molecule has 0 spiro atoms. The number of urea groups is 1. The zero-order valence-corrected chi connectivity index (χ0v) is 50.2. The van der Waals surface area contributed by atoms with E-state index in [2.05, 4.69) is 36.6 Å². The van der Waals surface area contributed by atoms with Gasteiger partial charge >= 0.3 is 12.0 Å². The van der Waals surface area contributed by atoms with E-state index in [0.29, 0.717) is 196 Å². The van der Waals surface area contributed by atoms with Crippen LogP contribution in [0.4, 0.5) is 10.5 Å². The molecule has 1 aromatic carbocycles. The number of carboxylic acid groups (broad SMARTS) is 1. The van der Waals surface area contributed by atoms with Gasteiger partial charge in [-0.1, -0.05) is 26.0 Å². The van der Waals surface area contributed by atoms with E-state index < -0.39 is 54.3 Å². The Morgan fingerprint density at radius 1 is 0.500 bits per heavy atom. The molecule has 3 atom stereocenters. The smallest absolute Gasteiger partial charge is 0.312 e. The molecule has 494 valence electrons. The maximum Gasteiger partial charge on any atom is 0.312 e. The van der Waals surface area contributed by atoms with Gasteiger partial charge in [0.2, 0.25) is 29.5 Å². The highest BCUT2D eigenvalue weighted by molar-refractivity contribution is 5.98. The van der Waals surface area contributed by atoms with Crippen molar-refractivity contribution in [2.45, 2.75) is 89.9 Å². The Kier molecular flexibility index (Phi) is 49.6. The minimum Gasteiger partial charge on any atom is -0.481 e. The van der Waals surface area contributed by atoms with Gasteiger partial charge in [0.1, 0.15) is 18.7 Å². The Hall–Kier alpha value is -5.74. The number of benzene rings is 1. The van der Waals surface area contributed by atoms with Crippen molar-refractivity contribution in [2.75, 3.05) is 184 Å². The summed E-state index contributed by atoms with van der Waals surface area (Å²) in [6.45, 7) is 13.8. The lowest BCUT2D eigenvalue weighted by Gasteiger charge is -2.26. The summed E-state index contributed by atoms with van der Waals surface area (Å²) in [5.41, 5.74) is 12.3. The van der Waals surface area contributed by atoms with Gasteiger partial charge in [-0.15, -0.1) is 0 Å². The van der Waals surface area contributed by atoms with Gasteiger partial charge < -0.3 is 110 Å². The van der Waals surface area contributed by atoms with Crippen molar-refractivity contribution in [3.05, 3.63) is 29.8 Å². The standard InChI is InChI=1S/C56H98N8O22/c1-44(2)52(55(72)63-48(7-5-16-61-56(58)73)54(71)62-46-10-8-45(9-11-46)42-86-43-65)64-53(70)47(57)6-3-4-15-59-50(67)14-18-74-20-22-76-24-26-78-28-30-80-32-34-82-36-38-84-40-41-85-39-37-83-35-33-81-31-29-79-27-25-77-23-21-75-19-17-60-49(66)12-13-51(68)69/h8-11,43-44,47-48,52H,3-7,12-42,57H2,1-2H3,(H,59,67)(H,60,66)(H,62,71)(H,63,72)(H,64,70)(H,68,69)(H3,58,61,73)/t47-,48-,52-/m0/s1/i43D. The summed E-state index contributed by atoms with van der Waals surface area (Å²) in [5, 5.41) is 24.5. The number of amides is 7. The van der Waals surface area contributed by atoms with Gasteiger partial charge in [0, 0.05) is 38.2 Å². The third-order valence-corrected chi connectivity index (χ3v) is 11.7. The number of ether oxygens (including phenoxy) is 13. The first-order chi connectivity index (χ1) is 42.1. The normalized spacial score (nSPS) is 12.4. The van der Waals surface area contributed by atoms with E-state index in [1.807, 2.05) is 0 Å². The Labute approximate surface area is 506 Å². The highest BCUT2D eigenvalue weighted by atomic mass is 16.6. The second-order valence-electron chi connectivity index (χ2n) is 19.1. The summed E-state index contributed by atoms with van der Waals surface area (Å²) in [4.78, 5) is 96.1. The second kappa shape index (κ2) is 55.8. The summed E-state index contributed by atoms with van der Waals surface area (Å²) in [5.74, 6) is -3.61. The van der Waals surface area contributed by atoms with E-state index in [1.165, 1.54) is 0 Å². The predicted octanol–water partition coefficient (Wildman–Crippen LogP) is -0.444. The number of aliphatic carboxylic acids is 1. The molecule has 0 aromatic heterocycles. The maximum absolute atomic E-state index is 13.5. The molecule has 1 aromatic rings. The quantitative estimate of drug-likeness (QED) is 0.0295. The molecule has 0 aliphatic carbocycles. The molecule has 0 saturated carbocycles. The average molecular weight is 1240 g/mol. The van der Waals surface area contributed by atoms with Crippen molar-refractivity contribution >= 4 is 53.7 Å². The van der Waals surface area contributed by atoms with Crippen molar-refractivity contribution in [1.29, 1.82) is 0 Å². The fraction of sp³-hybridized carbons (Fsp3) is 0.750. The van der Waals surface area contributed by atoms with E-state index >= 15 is 0 Å². The van der Waals surface area contributed by atoms with Crippen LogP contribution in [0.3, 0.4) is 0 Å². The van der Waals surface area contributed by atoms with Gasteiger partial charge in [-0.25, -0.2) is 4.79 Å². The summed E-state index contributed by atoms with van der Waals surface area (Å²) in [7, 11) is 0. The van der Waals surface area contributed by atoms with Crippen LogP contribution in [0, 0.1) is 5.92 Å². The number of unbranched alkanes of at least 4 members (excludes halogenated alkanes) is 1. The van der Waals surface area contributed by atoms with Crippen LogP contribution >= 0.6 is 0 Å². The minimum absolute atomic E-state index is 0.0522. The van der Waals surface area contributed by atoms with Crippen molar-refractivity contribution in [1.82, 2.24) is 26.6 Å². The highest BCUT2D eigenvalue weighted by Gasteiger charge is 2.30. The molecule has 86 heavy (non-hydrogen) atoms. The number of carboxylic acids is 1. The van der Waals surface area contributed by atoms with E-state index in [1.54, 1.807) is 38.1 Å². The van der Waals surface area contributed by atoms with Crippen molar-refractivity contribution in [3.8, 4) is 0 Å². The molecular weight excluding hydrogens is 1140 g/mol. The first-order valence-corrected chi connectivity index (χ1v) is 29.2. The van der Waals surface area contributed by atoms with Gasteiger partial charge in [0.15, 0.2) is 1.37 Å². The molecule has 11 N–H and O–H groups in total. The molecule has 0 aliphatic rings. The number of nitrogens with two attached hydrogens (primary N) is 2. The molecule has 0 aliphatic heterocycles. The van der Waals surface area contributed by atoms with Gasteiger partial charge in [-0.3, -0.25) is 33.6 Å². The second-order valence-corrected chi connectivity index (χ2v) is 19.1. The number of nitrogens with one attached hydrogen (secondary N) is 6. The van der Waals surface area contributed by atoms with Crippen molar-refractivity contribution < 1.29 is 106 Å². The molecule has 7 amide bonds. The van der Waals surface area contributed by atoms with E-state index in [9.17, 15) is 38.4 Å². The lowest BCUT2D eigenvalue weighted by Crippen LogP contribution is -2.56. The van der Waals surface area contributed by atoms with Crippen LogP contribution in [0.1, 0.15) is 72.1 Å². The van der Waals surface area contributed by atoms with E-state index in [0.717, 1.165) is 0 Å². The molecular formula is C56H98N8O22. The molecule has 1 rings (SSSR count). The third-order valence-electron chi connectivity index (χ3n) is 11.7. The van der Waals surface area contributed by atoms with E-state index in [-0.39, 0.29) is 69.6 Å². The third kappa shape index (κ3) is 48.4. The topological polar surface area (TPSA) is 401 Å². The zero-order chi connectivity index (χ0) is 63.8. The van der Waals surface area contributed by atoms with Crippen LogP contribution in [0.15, 0.2) is 24.3 Å². The summed E-state index contributed by atoms with van der Waals surface area (Å²) in [6.07, 6.45) is 0.528. The average Bonchev–Trinajstić information content (AvgIpc) is 3.44. The van der Waals surface area contributed by atoms with E-state index in [4.69, 9.17) is 74.8 Å². The van der Waals surface area contributed by atoms with Gasteiger partial charge in [0.05, 0.1) is 171 Å². The van der Waals surface area contributed by atoms with Crippen molar-refractivity contribution in [2.24, 2.45) is 17.4 Å². The Morgan fingerprint density at radius 2 is 0.919 bits per heavy atom. The minimum atomic E-state index is -1.17. The number of hydrogen-bond donors (Lipinski definition) is 9. The number of carbonyl (C=O) groups excluding carboxylic acids is 7. The van der Waals surface area contributed by atoms with Crippen LogP contribution in [0.2, 0.25) is 0 Å². The Balaban J connectivity index is 1.95. The SMILES string of the molecule is [2H]C(=O)OCc1ccc(NC(=O)[C@H](CCCNC(N)=O)NC(=O)[C@@H](NC(=O)[C@@H](N)CCCCNC(=O)CCOCCOCCOCCOCCOCCOCCOCCOCCOCCOCCOCCOCCNC(=O)CCC(=O)O)C(C)C)cc1. The molecule has 0 saturated heterocycles. The van der Waals surface area contributed by atoms with Crippen LogP contribution in [0.25, 0.3) is 0 Å². The molecule has 30 nitrogen and oxygen atoms in total.